The predicted octanol–water partition coefficient (Wildman–Crippen LogP) is 5.53. The van der Waals surface area contributed by atoms with Crippen molar-refractivity contribution in [3.63, 3.8) is 0 Å². The van der Waals surface area contributed by atoms with Crippen LogP contribution in [0.5, 0.6) is 0 Å². The van der Waals surface area contributed by atoms with Gasteiger partial charge in [0.2, 0.25) is 5.91 Å². The van der Waals surface area contributed by atoms with Crippen molar-refractivity contribution in [2.45, 2.75) is 39.7 Å². The lowest BCUT2D eigenvalue weighted by Gasteiger charge is -2.34. The SMILES string of the molecule is Cc1cn(-c2cc(F)c(/C=C3\CCCN([C@@H](C)c4ccc(F)cc4)C3=O)cc2C)cn1. The molecule has 1 aliphatic rings. The van der Waals surface area contributed by atoms with Gasteiger partial charge in [0, 0.05) is 23.9 Å². The molecule has 0 bridgehead atoms. The summed E-state index contributed by atoms with van der Waals surface area (Å²) in [5.74, 6) is -0.785. The average Bonchev–Trinajstić information content (AvgIpc) is 3.18. The summed E-state index contributed by atoms with van der Waals surface area (Å²) in [5.41, 5.74) is 4.34. The number of imidazole rings is 1. The number of aryl methyl sites for hydroxylation is 2. The molecule has 1 amide bonds. The number of halogens is 2. The van der Waals surface area contributed by atoms with Gasteiger partial charge in [0.05, 0.1) is 23.8 Å². The van der Waals surface area contributed by atoms with Crippen molar-refractivity contribution < 1.29 is 13.6 Å². The molecule has 0 unspecified atom stereocenters. The first-order valence-electron chi connectivity index (χ1n) is 10.4. The highest BCUT2D eigenvalue weighted by Gasteiger charge is 2.28. The topological polar surface area (TPSA) is 38.1 Å². The highest BCUT2D eigenvalue weighted by Crippen LogP contribution is 2.30. The van der Waals surface area contributed by atoms with Crippen LogP contribution in [-0.2, 0) is 4.79 Å². The number of piperidine rings is 1. The molecule has 3 aromatic rings. The monoisotopic (exact) mass is 421 g/mol. The smallest absolute Gasteiger partial charge is 0.250 e. The molecule has 1 atom stereocenters. The van der Waals surface area contributed by atoms with E-state index >= 15 is 0 Å². The second-order valence-electron chi connectivity index (χ2n) is 8.08. The summed E-state index contributed by atoms with van der Waals surface area (Å²) in [5, 5.41) is 0. The molecule has 4 nitrogen and oxygen atoms in total. The first kappa shape index (κ1) is 21.0. The number of aromatic nitrogens is 2. The van der Waals surface area contributed by atoms with Crippen LogP contribution < -0.4 is 0 Å². The van der Waals surface area contributed by atoms with Crippen LogP contribution in [0.2, 0.25) is 0 Å². The quantitative estimate of drug-likeness (QED) is 0.519. The van der Waals surface area contributed by atoms with Crippen LogP contribution in [0.15, 0.2) is 54.5 Å². The summed E-state index contributed by atoms with van der Waals surface area (Å²) in [6.45, 7) is 6.35. The third-order valence-electron chi connectivity index (χ3n) is 5.84. The lowest BCUT2D eigenvalue weighted by molar-refractivity contribution is -0.130. The number of rotatable bonds is 4. The molecule has 1 aliphatic heterocycles. The highest BCUT2D eigenvalue weighted by atomic mass is 19.1. The number of benzene rings is 2. The Morgan fingerprint density at radius 2 is 1.87 bits per heavy atom. The van der Waals surface area contributed by atoms with Gasteiger partial charge in [0.1, 0.15) is 11.6 Å². The Hall–Kier alpha value is -3.28. The fourth-order valence-electron chi connectivity index (χ4n) is 4.08. The third-order valence-corrected chi connectivity index (χ3v) is 5.84. The average molecular weight is 421 g/mol. The summed E-state index contributed by atoms with van der Waals surface area (Å²) >= 11 is 0. The van der Waals surface area contributed by atoms with Crippen molar-refractivity contribution in [3.05, 3.63) is 88.5 Å². The Balaban J connectivity index is 1.61. The molecule has 0 aliphatic carbocycles. The summed E-state index contributed by atoms with van der Waals surface area (Å²) in [6.07, 6.45) is 6.58. The number of carbonyl (C=O) groups excluding carboxylic acids is 1. The Morgan fingerprint density at radius 1 is 1.13 bits per heavy atom. The van der Waals surface area contributed by atoms with E-state index in [0.29, 0.717) is 24.1 Å². The van der Waals surface area contributed by atoms with Crippen LogP contribution in [-0.4, -0.2) is 26.9 Å². The number of hydrogen-bond donors (Lipinski definition) is 0. The maximum Gasteiger partial charge on any atom is 0.250 e. The minimum atomic E-state index is -0.379. The molecule has 2 aromatic carbocycles. The van der Waals surface area contributed by atoms with E-state index in [9.17, 15) is 13.6 Å². The molecular formula is C25H25F2N3O. The minimum Gasteiger partial charge on any atom is -0.332 e. The van der Waals surface area contributed by atoms with E-state index in [1.807, 2.05) is 27.0 Å². The lowest BCUT2D eigenvalue weighted by atomic mass is 9.96. The molecule has 0 saturated carbocycles. The highest BCUT2D eigenvalue weighted by molar-refractivity contribution is 5.98. The Kier molecular flexibility index (Phi) is 5.72. The van der Waals surface area contributed by atoms with Crippen molar-refractivity contribution in [2.75, 3.05) is 6.54 Å². The maximum atomic E-state index is 14.9. The second-order valence-corrected chi connectivity index (χ2v) is 8.08. The standard InChI is InChI=1S/C25H25F2N3O/c1-16-11-21(23(27)13-24(16)29-14-17(2)28-15-29)12-20-5-4-10-30(25(20)31)18(3)19-6-8-22(26)9-7-19/h6-9,11-15,18H,4-5,10H2,1-3H3/b20-12+/t18-/m0/s1. The molecule has 2 heterocycles. The summed E-state index contributed by atoms with van der Waals surface area (Å²) in [4.78, 5) is 19.1. The molecule has 6 heteroatoms. The van der Waals surface area contributed by atoms with Crippen molar-refractivity contribution in [1.82, 2.24) is 14.5 Å². The molecular weight excluding hydrogens is 396 g/mol. The fraction of sp³-hybridized carbons (Fsp3) is 0.280. The zero-order valence-corrected chi connectivity index (χ0v) is 17.9. The molecule has 1 aromatic heterocycles. The van der Waals surface area contributed by atoms with Crippen molar-refractivity contribution in [3.8, 4) is 5.69 Å². The number of carbonyl (C=O) groups is 1. The zero-order chi connectivity index (χ0) is 22.1. The van der Waals surface area contributed by atoms with Crippen LogP contribution in [0.4, 0.5) is 8.78 Å². The van der Waals surface area contributed by atoms with E-state index in [1.165, 1.54) is 18.2 Å². The van der Waals surface area contributed by atoms with Gasteiger partial charge in [-0.05, 0) is 75.1 Å². The van der Waals surface area contributed by atoms with Crippen molar-refractivity contribution >= 4 is 12.0 Å². The van der Waals surface area contributed by atoms with Gasteiger partial charge in [-0.3, -0.25) is 4.79 Å². The van der Waals surface area contributed by atoms with Crippen LogP contribution in [0.1, 0.15) is 48.2 Å². The number of amides is 1. The predicted molar refractivity (Wildman–Crippen MR) is 117 cm³/mol. The van der Waals surface area contributed by atoms with Gasteiger partial charge in [-0.25, -0.2) is 13.8 Å². The molecule has 0 radical (unpaired) electrons. The van der Waals surface area contributed by atoms with E-state index in [0.717, 1.165) is 28.9 Å². The van der Waals surface area contributed by atoms with Gasteiger partial charge in [-0.2, -0.15) is 0 Å². The van der Waals surface area contributed by atoms with E-state index in [4.69, 9.17) is 0 Å². The second kappa shape index (κ2) is 8.46. The molecule has 0 spiro atoms. The molecule has 0 N–H and O–H groups in total. The Labute approximate surface area is 180 Å². The number of likely N-dealkylation sites (tertiary alicyclic amines) is 1. The first-order valence-corrected chi connectivity index (χ1v) is 10.4. The number of hydrogen-bond acceptors (Lipinski definition) is 2. The normalized spacial score (nSPS) is 16.7. The summed E-state index contributed by atoms with van der Waals surface area (Å²) in [7, 11) is 0. The zero-order valence-electron chi connectivity index (χ0n) is 17.9. The van der Waals surface area contributed by atoms with Gasteiger partial charge in [-0.15, -0.1) is 0 Å². The molecule has 1 saturated heterocycles. The number of nitrogens with zero attached hydrogens (tertiary/aromatic N) is 3. The van der Waals surface area contributed by atoms with E-state index in [-0.39, 0.29) is 23.6 Å². The third kappa shape index (κ3) is 4.29. The van der Waals surface area contributed by atoms with Crippen LogP contribution in [0.3, 0.4) is 0 Å². The van der Waals surface area contributed by atoms with Gasteiger partial charge in [0.25, 0.3) is 0 Å². The van der Waals surface area contributed by atoms with Crippen LogP contribution in [0.25, 0.3) is 11.8 Å². The largest absolute Gasteiger partial charge is 0.332 e. The lowest BCUT2D eigenvalue weighted by Crippen LogP contribution is -2.38. The molecule has 160 valence electrons. The van der Waals surface area contributed by atoms with Gasteiger partial charge >= 0.3 is 0 Å². The van der Waals surface area contributed by atoms with E-state index in [1.54, 1.807) is 40.1 Å². The van der Waals surface area contributed by atoms with Crippen molar-refractivity contribution in [2.24, 2.45) is 0 Å². The van der Waals surface area contributed by atoms with E-state index < -0.39 is 0 Å². The Morgan fingerprint density at radius 3 is 2.55 bits per heavy atom. The van der Waals surface area contributed by atoms with Crippen LogP contribution >= 0.6 is 0 Å². The van der Waals surface area contributed by atoms with Crippen LogP contribution in [0, 0.1) is 25.5 Å². The van der Waals surface area contributed by atoms with Gasteiger partial charge < -0.3 is 9.47 Å². The van der Waals surface area contributed by atoms with Gasteiger partial charge in [-0.1, -0.05) is 12.1 Å². The fourth-order valence-corrected chi connectivity index (χ4v) is 4.08. The molecule has 31 heavy (non-hydrogen) atoms. The summed E-state index contributed by atoms with van der Waals surface area (Å²) in [6, 6.07) is 9.26. The maximum absolute atomic E-state index is 14.9. The molecule has 1 fully saturated rings. The van der Waals surface area contributed by atoms with Crippen molar-refractivity contribution in [1.29, 1.82) is 0 Å². The summed E-state index contributed by atoms with van der Waals surface area (Å²) < 4.78 is 30.0. The molecule has 4 rings (SSSR count). The minimum absolute atomic E-state index is 0.102. The van der Waals surface area contributed by atoms with E-state index in [2.05, 4.69) is 4.98 Å². The first-order chi connectivity index (χ1) is 14.8. The Bertz CT molecular complexity index is 1150. The van der Waals surface area contributed by atoms with Gasteiger partial charge in [0.15, 0.2) is 0 Å².